The smallest absolute Gasteiger partial charge is 0.327 e. The second-order valence-corrected chi connectivity index (χ2v) is 6.69. The Morgan fingerprint density at radius 3 is 2.41 bits per heavy atom. The summed E-state index contributed by atoms with van der Waals surface area (Å²) in [6.45, 7) is 4.74. The van der Waals surface area contributed by atoms with Gasteiger partial charge >= 0.3 is 5.97 Å². The molecule has 2 aliphatic heterocycles. The molecule has 0 saturated carbocycles. The normalized spacial score (nSPS) is 38.6. The number of β-lactam (4-membered cyclic amide) rings is 1. The van der Waals surface area contributed by atoms with Crippen LogP contribution in [0.15, 0.2) is 0 Å². The van der Waals surface area contributed by atoms with Gasteiger partial charge in [-0.3, -0.25) is 9.59 Å². The van der Waals surface area contributed by atoms with Gasteiger partial charge in [-0.1, -0.05) is 0 Å². The molecule has 2 aliphatic rings. The number of hydrogen-bond acceptors (Lipinski definition) is 5. The summed E-state index contributed by atoms with van der Waals surface area (Å²) in [5, 5.41) is 8.60. The molecular formula is C10H14N2O4S. The lowest BCUT2D eigenvalue weighted by molar-refractivity contribution is -0.168. The first kappa shape index (κ1) is 12.4. The van der Waals surface area contributed by atoms with Crippen LogP contribution in [-0.4, -0.2) is 49.4 Å². The first-order chi connectivity index (χ1) is 7.64. The number of hydrogen-bond donors (Lipinski definition) is 2. The Bertz CT molecular complexity index is 436. The number of rotatable bonds is 2. The fourth-order valence-electron chi connectivity index (χ4n) is 2.41. The zero-order valence-electron chi connectivity index (χ0n) is 9.76. The van der Waals surface area contributed by atoms with E-state index >= 15 is 0 Å². The molecule has 17 heavy (non-hydrogen) atoms. The second-order valence-electron chi connectivity index (χ2n) is 4.95. The van der Waals surface area contributed by atoms with Crippen molar-refractivity contribution in [1.82, 2.24) is 4.90 Å². The summed E-state index contributed by atoms with van der Waals surface area (Å²) in [5.74, 6) is -2.07. The molecule has 0 aromatic rings. The number of Topliss-reactive ketones (excluding diaryl/α,β-unsaturated/α-hetero) is 1. The zero-order valence-corrected chi connectivity index (χ0v) is 10.6. The second kappa shape index (κ2) is 3.23. The van der Waals surface area contributed by atoms with E-state index in [0.717, 1.165) is 0 Å². The third kappa shape index (κ3) is 1.29. The zero-order chi connectivity index (χ0) is 13.2. The largest absolute Gasteiger partial charge is 0.480 e. The van der Waals surface area contributed by atoms with E-state index in [1.165, 1.54) is 23.6 Å². The Kier molecular flexibility index (Phi) is 2.35. The average molecular weight is 258 g/mol. The van der Waals surface area contributed by atoms with Gasteiger partial charge in [0.05, 0.1) is 0 Å². The Balaban J connectivity index is 2.41. The summed E-state index contributed by atoms with van der Waals surface area (Å²) in [7, 11) is 0. The fraction of sp³-hybridized carbons (Fsp3) is 0.700. The standard InChI is InChI=1S/C10H14N2O4S/c1-4(13)10(11)7(16)12-5(6(14)15)9(2,3)17-8(10)12/h5,8H,11H2,1-3H3,(H,14,15)/t5-,8+,10-/m0/s1. The van der Waals surface area contributed by atoms with Gasteiger partial charge < -0.3 is 15.7 Å². The number of ketones is 1. The molecule has 0 aromatic heterocycles. The summed E-state index contributed by atoms with van der Waals surface area (Å²) >= 11 is 1.27. The minimum absolute atomic E-state index is 0.418. The van der Waals surface area contributed by atoms with E-state index in [4.69, 9.17) is 10.8 Å². The molecule has 2 fully saturated rings. The lowest BCUT2D eigenvalue weighted by Gasteiger charge is -2.49. The topological polar surface area (TPSA) is 101 Å². The van der Waals surface area contributed by atoms with Gasteiger partial charge in [0.1, 0.15) is 11.4 Å². The highest BCUT2D eigenvalue weighted by Crippen LogP contribution is 2.54. The highest BCUT2D eigenvalue weighted by Gasteiger charge is 2.71. The van der Waals surface area contributed by atoms with Gasteiger partial charge in [0.2, 0.25) is 0 Å². The maximum absolute atomic E-state index is 11.9. The van der Waals surface area contributed by atoms with E-state index in [1.54, 1.807) is 13.8 Å². The molecule has 0 spiro atoms. The van der Waals surface area contributed by atoms with Crippen molar-refractivity contribution in [2.75, 3.05) is 0 Å². The molecule has 7 heteroatoms. The van der Waals surface area contributed by atoms with Crippen LogP contribution in [0.2, 0.25) is 0 Å². The number of thioether (sulfide) groups is 1. The van der Waals surface area contributed by atoms with Crippen LogP contribution in [0.1, 0.15) is 20.8 Å². The maximum Gasteiger partial charge on any atom is 0.327 e. The Labute approximate surface area is 103 Å². The fourth-order valence-corrected chi connectivity index (χ4v) is 4.11. The quantitative estimate of drug-likeness (QED) is 0.507. The first-order valence-electron chi connectivity index (χ1n) is 5.17. The molecule has 3 N–H and O–H groups in total. The Morgan fingerprint density at radius 2 is 2.00 bits per heavy atom. The number of carbonyl (C=O) groups is 3. The number of carbonyl (C=O) groups excluding carboxylic acids is 2. The number of nitrogens with two attached hydrogens (primary N) is 1. The Morgan fingerprint density at radius 1 is 1.47 bits per heavy atom. The van der Waals surface area contributed by atoms with E-state index < -0.39 is 39.4 Å². The van der Waals surface area contributed by atoms with Crippen LogP contribution in [0.5, 0.6) is 0 Å². The molecule has 0 aliphatic carbocycles. The maximum atomic E-state index is 11.9. The number of carboxylic acids is 1. The number of nitrogens with zero attached hydrogens (tertiary/aromatic N) is 1. The average Bonchev–Trinajstić information content (AvgIpc) is 2.46. The van der Waals surface area contributed by atoms with Crippen molar-refractivity contribution in [3.63, 3.8) is 0 Å². The monoisotopic (exact) mass is 258 g/mol. The third-order valence-electron chi connectivity index (χ3n) is 3.40. The summed E-state index contributed by atoms with van der Waals surface area (Å²) in [4.78, 5) is 35.8. The van der Waals surface area contributed by atoms with Crippen LogP contribution >= 0.6 is 11.8 Å². The molecule has 0 aromatic carbocycles. The van der Waals surface area contributed by atoms with E-state index in [1.807, 2.05) is 0 Å². The van der Waals surface area contributed by atoms with E-state index in [0.29, 0.717) is 0 Å². The molecule has 2 saturated heterocycles. The lowest BCUT2D eigenvalue weighted by atomic mass is 9.82. The summed E-state index contributed by atoms with van der Waals surface area (Å²) in [5.41, 5.74) is 4.25. The molecule has 2 rings (SSSR count). The van der Waals surface area contributed by atoms with Crippen LogP contribution in [0.4, 0.5) is 0 Å². The minimum Gasteiger partial charge on any atom is -0.480 e. The van der Waals surface area contributed by atoms with Crippen molar-refractivity contribution in [3.8, 4) is 0 Å². The molecular weight excluding hydrogens is 244 g/mol. The van der Waals surface area contributed by atoms with Gasteiger partial charge in [0.25, 0.3) is 5.91 Å². The van der Waals surface area contributed by atoms with Gasteiger partial charge in [-0.25, -0.2) is 4.79 Å². The molecule has 0 bridgehead atoms. The summed E-state index contributed by atoms with van der Waals surface area (Å²) in [6.07, 6.45) is 0. The SMILES string of the molecule is CC(=O)[C@]1(N)C(=O)N2[C@@H](C(=O)O)C(C)(C)S[C@@H]21. The van der Waals surface area contributed by atoms with E-state index in [2.05, 4.69) is 0 Å². The van der Waals surface area contributed by atoms with Crippen molar-refractivity contribution >= 4 is 29.4 Å². The molecule has 0 radical (unpaired) electrons. The van der Waals surface area contributed by atoms with Crippen LogP contribution in [0.3, 0.4) is 0 Å². The van der Waals surface area contributed by atoms with Crippen molar-refractivity contribution in [1.29, 1.82) is 0 Å². The van der Waals surface area contributed by atoms with Crippen molar-refractivity contribution < 1.29 is 19.5 Å². The summed E-state index contributed by atoms with van der Waals surface area (Å²) < 4.78 is -0.650. The number of fused-ring (bicyclic) bond motifs is 1. The predicted molar refractivity (Wildman–Crippen MR) is 61.3 cm³/mol. The number of aliphatic carboxylic acids is 1. The predicted octanol–water partition coefficient (Wildman–Crippen LogP) is -0.580. The highest BCUT2D eigenvalue weighted by atomic mass is 32.2. The molecule has 0 unspecified atom stereocenters. The molecule has 94 valence electrons. The first-order valence-corrected chi connectivity index (χ1v) is 6.05. The minimum atomic E-state index is -1.55. The van der Waals surface area contributed by atoms with Gasteiger partial charge in [0, 0.05) is 4.75 Å². The van der Waals surface area contributed by atoms with Crippen LogP contribution in [-0.2, 0) is 14.4 Å². The van der Waals surface area contributed by atoms with Crippen LogP contribution in [0.25, 0.3) is 0 Å². The van der Waals surface area contributed by atoms with Crippen LogP contribution < -0.4 is 5.73 Å². The number of carboxylic acid groups (broad SMARTS) is 1. The van der Waals surface area contributed by atoms with E-state index in [-0.39, 0.29) is 0 Å². The molecule has 3 atom stereocenters. The Hall–Kier alpha value is -1.08. The molecule has 2 heterocycles. The van der Waals surface area contributed by atoms with Gasteiger partial charge in [-0.2, -0.15) is 0 Å². The van der Waals surface area contributed by atoms with Crippen molar-refractivity contribution in [2.24, 2.45) is 5.73 Å². The number of amides is 1. The van der Waals surface area contributed by atoms with Gasteiger partial charge in [-0.05, 0) is 20.8 Å². The van der Waals surface area contributed by atoms with E-state index in [9.17, 15) is 14.4 Å². The van der Waals surface area contributed by atoms with Gasteiger partial charge in [0.15, 0.2) is 11.3 Å². The van der Waals surface area contributed by atoms with Gasteiger partial charge in [-0.15, -0.1) is 11.8 Å². The van der Waals surface area contributed by atoms with Crippen molar-refractivity contribution in [3.05, 3.63) is 0 Å². The lowest BCUT2D eigenvalue weighted by Crippen LogP contribution is -2.80. The molecule has 1 amide bonds. The third-order valence-corrected chi connectivity index (χ3v) is 5.05. The van der Waals surface area contributed by atoms with Crippen LogP contribution in [0, 0.1) is 0 Å². The van der Waals surface area contributed by atoms with Crippen molar-refractivity contribution in [2.45, 2.75) is 42.5 Å². The molecule has 6 nitrogen and oxygen atoms in total. The summed E-state index contributed by atoms with van der Waals surface area (Å²) in [6, 6.07) is -0.930. The highest BCUT2D eigenvalue weighted by molar-refractivity contribution is 8.01.